The Balaban J connectivity index is 0.995. The van der Waals surface area contributed by atoms with Gasteiger partial charge in [0.15, 0.2) is 17.5 Å². The molecule has 0 saturated heterocycles. The highest BCUT2D eigenvalue weighted by atomic mass is 32.1. The van der Waals surface area contributed by atoms with E-state index in [4.69, 9.17) is 19.4 Å². The van der Waals surface area contributed by atoms with Crippen LogP contribution >= 0.6 is 11.3 Å². The number of hydrogen-bond acceptors (Lipinski definition) is 5. The maximum absolute atomic E-state index is 6.74. The van der Waals surface area contributed by atoms with Crippen molar-refractivity contribution in [1.29, 1.82) is 0 Å². The Morgan fingerprint density at radius 1 is 0.349 bits per heavy atom. The molecule has 0 aliphatic rings. The molecular weight excluding hydrogens is 789 g/mol. The number of hydrogen-bond donors (Lipinski definition) is 0. The van der Waals surface area contributed by atoms with Crippen LogP contribution in [0.3, 0.4) is 0 Å². The van der Waals surface area contributed by atoms with Gasteiger partial charge in [-0.3, -0.25) is 0 Å². The van der Waals surface area contributed by atoms with Crippen molar-refractivity contribution in [1.82, 2.24) is 19.5 Å². The van der Waals surface area contributed by atoms with Crippen LogP contribution < -0.4 is 0 Å². The molecule has 4 heterocycles. The Bertz CT molecular complexity index is 3910. The maximum Gasteiger partial charge on any atom is 0.164 e. The number of para-hydroxylation sites is 1. The molecule has 0 fully saturated rings. The van der Waals surface area contributed by atoms with Crippen molar-refractivity contribution in [2.45, 2.75) is 0 Å². The lowest BCUT2D eigenvalue weighted by molar-refractivity contribution is 0.668. The minimum Gasteiger partial charge on any atom is -0.456 e. The third-order valence-corrected chi connectivity index (χ3v) is 13.4. The molecule has 4 aromatic heterocycles. The first kappa shape index (κ1) is 35.6. The van der Waals surface area contributed by atoms with Gasteiger partial charge in [0.2, 0.25) is 0 Å². The molecule has 13 aromatic rings. The number of nitrogens with zero attached hydrogens (tertiary/aromatic N) is 4. The zero-order valence-electron chi connectivity index (χ0n) is 33.7. The number of furan rings is 1. The van der Waals surface area contributed by atoms with Crippen LogP contribution in [0, 0.1) is 0 Å². The van der Waals surface area contributed by atoms with Crippen molar-refractivity contribution in [3.8, 4) is 62.1 Å². The molecule has 0 N–H and O–H groups in total. The number of thiophene rings is 1. The van der Waals surface area contributed by atoms with E-state index in [0.717, 1.165) is 66.5 Å². The lowest BCUT2D eigenvalue weighted by atomic mass is 9.97. The van der Waals surface area contributed by atoms with Gasteiger partial charge in [-0.15, -0.1) is 11.3 Å². The van der Waals surface area contributed by atoms with Crippen LogP contribution in [0.2, 0.25) is 0 Å². The molecule has 13 rings (SSSR count). The van der Waals surface area contributed by atoms with E-state index in [1.807, 2.05) is 30.3 Å². The van der Waals surface area contributed by atoms with E-state index in [0.29, 0.717) is 17.5 Å². The fraction of sp³-hybridized carbons (Fsp3) is 0. The quantitative estimate of drug-likeness (QED) is 0.168. The topological polar surface area (TPSA) is 56.7 Å². The van der Waals surface area contributed by atoms with Crippen LogP contribution in [0.25, 0.3) is 126 Å². The molecule has 0 spiro atoms. The summed E-state index contributed by atoms with van der Waals surface area (Å²) in [7, 11) is 0. The van der Waals surface area contributed by atoms with Gasteiger partial charge in [-0.2, -0.15) is 0 Å². The van der Waals surface area contributed by atoms with Crippen LogP contribution in [0.15, 0.2) is 211 Å². The van der Waals surface area contributed by atoms with Gasteiger partial charge in [0, 0.05) is 70.2 Å². The van der Waals surface area contributed by atoms with Gasteiger partial charge in [0.05, 0.1) is 11.0 Å². The molecule has 0 unspecified atom stereocenters. The van der Waals surface area contributed by atoms with E-state index in [2.05, 4.69) is 180 Å². The predicted octanol–water partition coefficient (Wildman–Crippen LogP) is 15.6. The molecule has 0 aliphatic carbocycles. The average molecular weight is 823 g/mol. The summed E-state index contributed by atoms with van der Waals surface area (Å²) >= 11 is 1.80. The van der Waals surface area contributed by atoms with Gasteiger partial charge in [0.1, 0.15) is 11.2 Å². The van der Waals surface area contributed by atoms with E-state index >= 15 is 0 Å². The molecule has 0 radical (unpaired) electrons. The van der Waals surface area contributed by atoms with Gasteiger partial charge in [-0.05, 0) is 76.9 Å². The van der Waals surface area contributed by atoms with Gasteiger partial charge in [0.25, 0.3) is 0 Å². The fourth-order valence-electron chi connectivity index (χ4n) is 9.37. The summed E-state index contributed by atoms with van der Waals surface area (Å²) in [6.45, 7) is 0. The normalized spacial score (nSPS) is 11.8. The highest BCUT2D eigenvalue weighted by Gasteiger charge is 2.21. The first-order valence-electron chi connectivity index (χ1n) is 21.1. The third kappa shape index (κ3) is 5.80. The summed E-state index contributed by atoms with van der Waals surface area (Å²) < 4.78 is 11.5. The van der Waals surface area contributed by atoms with Crippen molar-refractivity contribution >= 4 is 75.3 Å². The number of rotatable bonds is 6. The van der Waals surface area contributed by atoms with E-state index < -0.39 is 0 Å². The van der Waals surface area contributed by atoms with Gasteiger partial charge >= 0.3 is 0 Å². The zero-order valence-corrected chi connectivity index (χ0v) is 34.6. The molecular formula is C57H34N4OS. The lowest BCUT2D eigenvalue weighted by Gasteiger charge is -2.12. The van der Waals surface area contributed by atoms with Gasteiger partial charge < -0.3 is 8.98 Å². The Hall–Kier alpha value is -8.19. The van der Waals surface area contributed by atoms with Crippen molar-refractivity contribution < 1.29 is 4.42 Å². The summed E-state index contributed by atoms with van der Waals surface area (Å²) in [4.78, 5) is 15.7. The van der Waals surface area contributed by atoms with E-state index in [1.54, 1.807) is 11.3 Å². The Labute approximate surface area is 365 Å². The largest absolute Gasteiger partial charge is 0.456 e. The van der Waals surface area contributed by atoms with Crippen molar-refractivity contribution in [3.63, 3.8) is 0 Å². The third-order valence-electron chi connectivity index (χ3n) is 12.2. The predicted molar refractivity (Wildman–Crippen MR) is 262 cm³/mol. The second-order valence-corrected chi connectivity index (χ2v) is 17.0. The summed E-state index contributed by atoms with van der Waals surface area (Å²) in [6.07, 6.45) is 0. The summed E-state index contributed by atoms with van der Waals surface area (Å²) in [6, 6.07) is 72.6. The molecule has 0 atom stereocenters. The number of aromatic nitrogens is 4. The molecule has 294 valence electrons. The number of fused-ring (bicyclic) bond motifs is 9. The Kier molecular flexibility index (Phi) is 8.01. The molecule has 0 bridgehead atoms. The second kappa shape index (κ2) is 14.2. The SMILES string of the molecule is c1ccc(-c2ccc3c(c2)c2ccccc2n3-c2ccc3c(c2)oc2cccc(-c4nc(-c5ccccc5)nc(-c5cc(-c6ccccc6)c6c(c5)sc5ccccc56)n4)c23)cc1. The molecule has 6 heteroatoms. The summed E-state index contributed by atoms with van der Waals surface area (Å²) in [5, 5.41) is 6.88. The monoisotopic (exact) mass is 822 g/mol. The van der Waals surface area contributed by atoms with Crippen LogP contribution in [0.5, 0.6) is 0 Å². The van der Waals surface area contributed by atoms with Crippen molar-refractivity contribution in [2.24, 2.45) is 0 Å². The fourth-order valence-corrected chi connectivity index (χ4v) is 10.5. The van der Waals surface area contributed by atoms with Crippen molar-refractivity contribution in [2.75, 3.05) is 0 Å². The standard InChI is InChI=1S/C57H34N4OS/c1-4-15-35(16-5-1)38-27-30-48-46(31-38)41-21-10-12-24-47(41)61(48)40-28-29-42-50(34-40)62-49-25-14-23-44(53(42)49)57-59-55(37-19-8-3-9-20-37)58-56(60-57)39-32-45(36-17-6-2-7-18-36)54-43-22-11-13-26-51(43)63-52(54)33-39/h1-34H. The Morgan fingerprint density at radius 2 is 1.02 bits per heavy atom. The second-order valence-electron chi connectivity index (χ2n) is 15.9. The van der Waals surface area contributed by atoms with Gasteiger partial charge in [-0.25, -0.2) is 15.0 Å². The first-order chi connectivity index (χ1) is 31.2. The van der Waals surface area contributed by atoms with Crippen molar-refractivity contribution in [3.05, 3.63) is 206 Å². The van der Waals surface area contributed by atoms with Crippen LogP contribution in [-0.4, -0.2) is 19.5 Å². The molecule has 0 saturated carbocycles. The first-order valence-corrected chi connectivity index (χ1v) is 21.9. The molecule has 9 aromatic carbocycles. The van der Waals surface area contributed by atoms with Crippen LogP contribution in [-0.2, 0) is 0 Å². The smallest absolute Gasteiger partial charge is 0.164 e. The zero-order chi connectivity index (χ0) is 41.4. The average Bonchev–Trinajstić information content (AvgIpc) is 4.03. The van der Waals surface area contributed by atoms with Crippen LogP contribution in [0.4, 0.5) is 0 Å². The lowest BCUT2D eigenvalue weighted by Crippen LogP contribution is -2.00. The highest BCUT2D eigenvalue weighted by molar-refractivity contribution is 7.26. The highest BCUT2D eigenvalue weighted by Crippen LogP contribution is 2.44. The molecule has 0 aliphatic heterocycles. The van der Waals surface area contributed by atoms with E-state index in [-0.39, 0.29) is 0 Å². The summed E-state index contributed by atoms with van der Waals surface area (Å²) in [5.74, 6) is 1.82. The molecule has 0 amide bonds. The molecule has 63 heavy (non-hydrogen) atoms. The van der Waals surface area contributed by atoms with E-state index in [9.17, 15) is 0 Å². The summed E-state index contributed by atoms with van der Waals surface area (Å²) in [5.41, 5.74) is 12.3. The Morgan fingerprint density at radius 3 is 1.83 bits per heavy atom. The minimum atomic E-state index is 0.588. The minimum absolute atomic E-state index is 0.588. The van der Waals surface area contributed by atoms with Gasteiger partial charge in [-0.1, -0.05) is 146 Å². The number of benzene rings is 9. The molecule has 5 nitrogen and oxygen atoms in total. The maximum atomic E-state index is 6.74. The van der Waals surface area contributed by atoms with E-state index in [1.165, 1.54) is 42.1 Å². The van der Waals surface area contributed by atoms with Crippen LogP contribution in [0.1, 0.15) is 0 Å².